The lowest BCUT2D eigenvalue weighted by molar-refractivity contribution is 0.223. The SMILES string of the molecule is CCOc1cccc(C(O)c2cc3sccc3s2)c1. The molecule has 1 aromatic carbocycles. The molecule has 0 saturated heterocycles. The molecular formula is C15H14O2S2. The molecule has 0 spiro atoms. The van der Waals surface area contributed by atoms with Gasteiger partial charge in [0.15, 0.2) is 0 Å². The van der Waals surface area contributed by atoms with Gasteiger partial charge in [-0.1, -0.05) is 12.1 Å². The second-order valence-electron chi connectivity index (χ2n) is 4.21. The maximum absolute atomic E-state index is 10.5. The molecule has 0 aliphatic carbocycles. The van der Waals surface area contributed by atoms with Gasteiger partial charge in [-0.2, -0.15) is 0 Å². The lowest BCUT2D eigenvalue weighted by Crippen LogP contribution is -1.98. The molecular weight excluding hydrogens is 276 g/mol. The highest BCUT2D eigenvalue weighted by Gasteiger charge is 2.14. The standard InChI is InChI=1S/C15H14O2S2/c1-2-17-11-5-3-4-10(8-11)15(16)14-9-13-12(19-14)6-7-18-13/h3-9,15-16H,2H2,1H3. The van der Waals surface area contributed by atoms with Gasteiger partial charge in [0.25, 0.3) is 0 Å². The number of thiophene rings is 2. The van der Waals surface area contributed by atoms with Crippen molar-refractivity contribution in [1.29, 1.82) is 0 Å². The zero-order chi connectivity index (χ0) is 13.2. The summed E-state index contributed by atoms with van der Waals surface area (Å²) in [4.78, 5) is 0.982. The van der Waals surface area contributed by atoms with Crippen LogP contribution in [0.25, 0.3) is 9.40 Å². The maximum atomic E-state index is 10.5. The van der Waals surface area contributed by atoms with Crippen molar-refractivity contribution in [2.45, 2.75) is 13.0 Å². The molecule has 2 nitrogen and oxygen atoms in total. The van der Waals surface area contributed by atoms with E-state index in [1.807, 2.05) is 31.2 Å². The number of hydrogen-bond donors (Lipinski definition) is 1. The molecule has 3 rings (SSSR count). The van der Waals surface area contributed by atoms with Crippen LogP contribution in [0.2, 0.25) is 0 Å². The van der Waals surface area contributed by atoms with Gasteiger partial charge in [0.2, 0.25) is 0 Å². The molecule has 2 aromatic heterocycles. The van der Waals surface area contributed by atoms with Crippen molar-refractivity contribution >= 4 is 32.1 Å². The summed E-state index contributed by atoms with van der Waals surface area (Å²) >= 11 is 3.35. The molecule has 0 saturated carbocycles. The Morgan fingerprint density at radius 3 is 2.89 bits per heavy atom. The van der Waals surface area contributed by atoms with Crippen LogP contribution in [0.1, 0.15) is 23.5 Å². The van der Waals surface area contributed by atoms with Crippen molar-refractivity contribution < 1.29 is 9.84 Å². The van der Waals surface area contributed by atoms with E-state index in [0.29, 0.717) is 6.61 Å². The molecule has 0 bridgehead atoms. The van der Waals surface area contributed by atoms with E-state index >= 15 is 0 Å². The van der Waals surface area contributed by atoms with Crippen molar-refractivity contribution in [1.82, 2.24) is 0 Å². The van der Waals surface area contributed by atoms with Gasteiger partial charge in [-0.25, -0.2) is 0 Å². The summed E-state index contributed by atoms with van der Waals surface area (Å²) in [5.41, 5.74) is 0.875. The van der Waals surface area contributed by atoms with Gasteiger partial charge in [0.1, 0.15) is 11.9 Å². The van der Waals surface area contributed by atoms with Crippen molar-refractivity contribution in [3.8, 4) is 5.75 Å². The van der Waals surface area contributed by atoms with Crippen LogP contribution in [0, 0.1) is 0 Å². The average Bonchev–Trinajstić information content (AvgIpc) is 2.99. The zero-order valence-electron chi connectivity index (χ0n) is 10.5. The number of ether oxygens (including phenoxy) is 1. The third-order valence-corrected chi connectivity index (χ3v) is 5.06. The molecule has 1 unspecified atom stereocenters. The van der Waals surface area contributed by atoms with Crippen LogP contribution in [0.5, 0.6) is 5.75 Å². The Balaban J connectivity index is 1.92. The number of aliphatic hydroxyl groups is 1. The minimum absolute atomic E-state index is 0.579. The summed E-state index contributed by atoms with van der Waals surface area (Å²) in [6.45, 7) is 2.59. The second-order valence-corrected chi connectivity index (χ2v) is 6.27. The molecule has 19 heavy (non-hydrogen) atoms. The number of fused-ring (bicyclic) bond motifs is 1. The monoisotopic (exact) mass is 290 g/mol. The third-order valence-electron chi connectivity index (χ3n) is 2.91. The minimum Gasteiger partial charge on any atom is -0.494 e. The highest BCUT2D eigenvalue weighted by molar-refractivity contribution is 7.26. The third kappa shape index (κ3) is 2.52. The fourth-order valence-corrected chi connectivity index (χ4v) is 4.16. The minimum atomic E-state index is -0.579. The first-order chi connectivity index (χ1) is 9.28. The van der Waals surface area contributed by atoms with E-state index in [1.165, 1.54) is 9.40 Å². The summed E-state index contributed by atoms with van der Waals surface area (Å²) in [5.74, 6) is 0.803. The number of benzene rings is 1. The Morgan fingerprint density at radius 1 is 1.21 bits per heavy atom. The summed E-state index contributed by atoms with van der Waals surface area (Å²) in [6.07, 6.45) is -0.579. The van der Waals surface area contributed by atoms with Crippen LogP contribution in [0.4, 0.5) is 0 Å². The van der Waals surface area contributed by atoms with Gasteiger partial charge in [0.05, 0.1) is 6.61 Å². The summed E-state index contributed by atoms with van der Waals surface area (Å²) in [7, 11) is 0. The maximum Gasteiger partial charge on any atom is 0.119 e. The van der Waals surface area contributed by atoms with Gasteiger partial charge in [-0.3, -0.25) is 0 Å². The largest absolute Gasteiger partial charge is 0.494 e. The highest BCUT2D eigenvalue weighted by atomic mass is 32.1. The van der Waals surface area contributed by atoms with Gasteiger partial charge >= 0.3 is 0 Å². The van der Waals surface area contributed by atoms with Gasteiger partial charge in [0, 0.05) is 14.3 Å². The van der Waals surface area contributed by atoms with Gasteiger partial charge < -0.3 is 9.84 Å². The van der Waals surface area contributed by atoms with E-state index in [0.717, 1.165) is 16.2 Å². The Bertz CT molecular complexity index is 656. The molecule has 0 radical (unpaired) electrons. The van der Waals surface area contributed by atoms with Gasteiger partial charge in [-0.05, 0) is 42.1 Å². The van der Waals surface area contributed by atoms with Crippen molar-refractivity contribution in [3.63, 3.8) is 0 Å². The van der Waals surface area contributed by atoms with E-state index in [1.54, 1.807) is 22.7 Å². The first kappa shape index (κ1) is 12.7. The van der Waals surface area contributed by atoms with Crippen LogP contribution < -0.4 is 4.74 Å². The fraction of sp³-hybridized carbons (Fsp3) is 0.200. The van der Waals surface area contributed by atoms with Crippen LogP contribution in [-0.2, 0) is 0 Å². The molecule has 0 amide bonds. The summed E-state index contributed by atoms with van der Waals surface area (Å²) in [5, 5.41) is 12.5. The van der Waals surface area contributed by atoms with Crippen molar-refractivity contribution in [2.24, 2.45) is 0 Å². The quantitative estimate of drug-likeness (QED) is 0.769. The molecule has 2 heterocycles. The highest BCUT2D eigenvalue weighted by Crippen LogP contribution is 2.36. The van der Waals surface area contributed by atoms with E-state index in [-0.39, 0.29) is 0 Å². The Hall–Kier alpha value is -1.36. The molecule has 1 atom stereocenters. The van der Waals surface area contributed by atoms with E-state index in [9.17, 15) is 5.11 Å². The average molecular weight is 290 g/mol. The molecule has 0 aliphatic rings. The molecule has 0 aliphatic heterocycles. The van der Waals surface area contributed by atoms with E-state index < -0.39 is 6.10 Å². The molecule has 4 heteroatoms. The number of rotatable bonds is 4. The van der Waals surface area contributed by atoms with Crippen molar-refractivity contribution in [2.75, 3.05) is 6.61 Å². The lowest BCUT2D eigenvalue weighted by Gasteiger charge is -2.10. The zero-order valence-corrected chi connectivity index (χ0v) is 12.1. The summed E-state index contributed by atoms with van der Waals surface area (Å²) < 4.78 is 7.94. The number of aliphatic hydroxyl groups excluding tert-OH is 1. The fourth-order valence-electron chi connectivity index (χ4n) is 2.02. The molecule has 0 fully saturated rings. The first-order valence-electron chi connectivity index (χ1n) is 6.15. The van der Waals surface area contributed by atoms with Gasteiger partial charge in [-0.15, -0.1) is 22.7 Å². The van der Waals surface area contributed by atoms with Crippen LogP contribution in [0.15, 0.2) is 41.8 Å². The topological polar surface area (TPSA) is 29.5 Å². The first-order valence-corrected chi connectivity index (χ1v) is 7.85. The number of hydrogen-bond acceptors (Lipinski definition) is 4. The molecule has 98 valence electrons. The summed E-state index contributed by atoms with van der Waals surface area (Å²) in [6, 6.07) is 11.8. The van der Waals surface area contributed by atoms with Crippen LogP contribution >= 0.6 is 22.7 Å². The smallest absolute Gasteiger partial charge is 0.119 e. The normalized spacial score (nSPS) is 12.7. The predicted molar refractivity (Wildman–Crippen MR) is 81.4 cm³/mol. The predicted octanol–water partition coefficient (Wildman–Crippen LogP) is 4.44. The van der Waals surface area contributed by atoms with E-state index in [4.69, 9.17) is 4.74 Å². The Morgan fingerprint density at radius 2 is 2.11 bits per heavy atom. The van der Waals surface area contributed by atoms with E-state index in [2.05, 4.69) is 17.5 Å². The van der Waals surface area contributed by atoms with Crippen LogP contribution in [-0.4, -0.2) is 11.7 Å². The Labute approximate surface area is 119 Å². The van der Waals surface area contributed by atoms with Crippen molar-refractivity contribution in [3.05, 3.63) is 52.2 Å². The second kappa shape index (κ2) is 5.33. The Kier molecular flexibility index (Phi) is 3.55. The lowest BCUT2D eigenvalue weighted by atomic mass is 10.1. The van der Waals surface area contributed by atoms with Crippen LogP contribution in [0.3, 0.4) is 0 Å². The molecule has 1 N–H and O–H groups in total. The molecule has 3 aromatic rings.